The lowest BCUT2D eigenvalue weighted by Crippen LogP contribution is -2.14. The summed E-state index contributed by atoms with van der Waals surface area (Å²) in [6.07, 6.45) is 2.11. The molecule has 28 heavy (non-hydrogen) atoms. The third-order valence-electron chi connectivity index (χ3n) is 4.23. The first-order chi connectivity index (χ1) is 13.6. The van der Waals surface area contributed by atoms with Crippen molar-refractivity contribution in [3.8, 4) is 11.4 Å². The molecule has 0 saturated heterocycles. The van der Waals surface area contributed by atoms with E-state index in [1.807, 2.05) is 37.3 Å². The number of anilines is 1. The van der Waals surface area contributed by atoms with Crippen LogP contribution in [0.15, 0.2) is 65.6 Å². The predicted octanol–water partition coefficient (Wildman–Crippen LogP) is 3.19. The Bertz CT molecular complexity index is 1230. The number of aromatic amines is 1. The monoisotopic (exact) mass is 371 g/mol. The van der Waals surface area contributed by atoms with E-state index >= 15 is 0 Å². The third-order valence-corrected chi connectivity index (χ3v) is 4.23. The Kier molecular flexibility index (Phi) is 4.63. The zero-order valence-electron chi connectivity index (χ0n) is 15.1. The van der Waals surface area contributed by atoms with Crippen LogP contribution in [0.1, 0.15) is 23.1 Å². The zero-order chi connectivity index (χ0) is 19.5. The summed E-state index contributed by atoms with van der Waals surface area (Å²) in [5.74, 6) is 0.102. The first kappa shape index (κ1) is 17.5. The van der Waals surface area contributed by atoms with Crippen LogP contribution in [0.25, 0.3) is 22.4 Å². The summed E-state index contributed by atoms with van der Waals surface area (Å²) in [4.78, 5) is 40.2. The number of aryl methyl sites for hydroxylation is 1. The number of para-hydroxylation sites is 2. The van der Waals surface area contributed by atoms with Gasteiger partial charge in [0.1, 0.15) is 11.5 Å². The van der Waals surface area contributed by atoms with Crippen LogP contribution >= 0.6 is 0 Å². The zero-order valence-corrected chi connectivity index (χ0v) is 15.1. The van der Waals surface area contributed by atoms with Gasteiger partial charge in [-0.25, -0.2) is 9.97 Å². The molecule has 0 spiro atoms. The Morgan fingerprint density at radius 2 is 1.86 bits per heavy atom. The number of rotatable bonds is 4. The van der Waals surface area contributed by atoms with Gasteiger partial charge in [-0.05, 0) is 30.7 Å². The quantitative estimate of drug-likeness (QED) is 0.574. The van der Waals surface area contributed by atoms with Gasteiger partial charge in [0.25, 0.3) is 11.5 Å². The van der Waals surface area contributed by atoms with Crippen LogP contribution in [-0.2, 0) is 6.42 Å². The molecule has 0 saturated carbocycles. The second kappa shape index (κ2) is 7.40. The average molecular weight is 371 g/mol. The van der Waals surface area contributed by atoms with Gasteiger partial charge >= 0.3 is 0 Å². The lowest BCUT2D eigenvalue weighted by molar-refractivity contribution is 0.102. The molecular weight excluding hydrogens is 354 g/mol. The molecule has 4 aromatic rings. The summed E-state index contributed by atoms with van der Waals surface area (Å²) >= 11 is 0. The maximum absolute atomic E-state index is 12.6. The molecule has 0 fully saturated rings. The van der Waals surface area contributed by atoms with Crippen LogP contribution in [0.3, 0.4) is 0 Å². The Morgan fingerprint density at radius 3 is 2.68 bits per heavy atom. The lowest BCUT2D eigenvalue weighted by Gasteiger charge is -2.08. The fourth-order valence-corrected chi connectivity index (χ4v) is 2.83. The molecule has 0 aliphatic rings. The van der Waals surface area contributed by atoms with Crippen molar-refractivity contribution in [3.05, 3.63) is 82.5 Å². The van der Waals surface area contributed by atoms with E-state index in [9.17, 15) is 9.59 Å². The highest BCUT2D eigenvalue weighted by molar-refractivity contribution is 6.03. The fraction of sp³-hybridized carbons (Fsp3) is 0.0952. The third kappa shape index (κ3) is 3.64. The average Bonchev–Trinajstić information content (AvgIpc) is 2.73. The number of H-pyrrole nitrogens is 1. The van der Waals surface area contributed by atoms with Gasteiger partial charge in [0.05, 0.1) is 17.2 Å². The summed E-state index contributed by atoms with van der Waals surface area (Å²) in [7, 11) is 0. The Balaban J connectivity index is 1.61. The highest BCUT2D eigenvalue weighted by atomic mass is 16.2. The molecule has 0 bridgehead atoms. The number of fused-ring (bicyclic) bond motifs is 1. The summed E-state index contributed by atoms with van der Waals surface area (Å²) in [5, 5.41) is 2.82. The second-order valence-electron chi connectivity index (χ2n) is 6.22. The van der Waals surface area contributed by atoms with E-state index in [1.54, 1.807) is 18.2 Å². The Morgan fingerprint density at radius 1 is 1.04 bits per heavy atom. The molecule has 1 amide bonds. The summed E-state index contributed by atoms with van der Waals surface area (Å²) in [6, 6.07) is 16.0. The van der Waals surface area contributed by atoms with E-state index in [1.165, 1.54) is 12.3 Å². The number of benzene rings is 2. The molecule has 7 nitrogen and oxygen atoms in total. The molecule has 0 atom stereocenters. The molecule has 138 valence electrons. The topological polar surface area (TPSA) is 101 Å². The molecule has 7 heteroatoms. The molecule has 2 N–H and O–H groups in total. The summed E-state index contributed by atoms with van der Waals surface area (Å²) in [5.41, 5.74) is 3.39. The van der Waals surface area contributed by atoms with Gasteiger partial charge in [-0.2, -0.15) is 0 Å². The maximum Gasteiger partial charge on any atom is 0.275 e. The number of carbonyl (C=O) groups excluding carboxylic acids is 1. The lowest BCUT2D eigenvalue weighted by atomic mass is 10.1. The second-order valence-corrected chi connectivity index (χ2v) is 6.22. The van der Waals surface area contributed by atoms with E-state index in [-0.39, 0.29) is 17.2 Å². The molecule has 4 rings (SSSR count). The minimum atomic E-state index is -0.362. The van der Waals surface area contributed by atoms with Crippen LogP contribution in [-0.4, -0.2) is 25.8 Å². The number of nitrogens with one attached hydrogen (secondary N) is 2. The standard InChI is InChI=1S/C21H17N5O2/c1-2-14-11-19(27)26-20(23-14)13-6-5-7-15(10-13)24-21(28)18-12-22-16-8-3-4-9-17(16)25-18/h3-12H,2H2,1H3,(H,24,28)(H,23,26,27). The van der Waals surface area contributed by atoms with Crippen LogP contribution in [0, 0.1) is 0 Å². The van der Waals surface area contributed by atoms with E-state index < -0.39 is 0 Å². The van der Waals surface area contributed by atoms with Gasteiger partial charge in [-0.1, -0.05) is 31.2 Å². The summed E-state index contributed by atoms with van der Waals surface area (Å²) < 4.78 is 0. The van der Waals surface area contributed by atoms with Gasteiger partial charge < -0.3 is 10.3 Å². The van der Waals surface area contributed by atoms with Crippen LogP contribution in [0.5, 0.6) is 0 Å². The number of aromatic nitrogens is 4. The molecule has 0 aliphatic heterocycles. The minimum absolute atomic E-state index is 0.206. The highest BCUT2D eigenvalue weighted by Gasteiger charge is 2.11. The van der Waals surface area contributed by atoms with E-state index in [4.69, 9.17) is 0 Å². The van der Waals surface area contributed by atoms with Crippen LogP contribution in [0.2, 0.25) is 0 Å². The van der Waals surface area contributed by atoms with E-state index in [2.05, 4.69) is 25.3 Å². The Labute approximate surface area is 160 Å². The van der Waals surface area contributed by atoms with Gasteiger partial charge in [-0.3, -0.25) is 14.6 Å². The van der Waals surface area contributed by atoms with Crippen LogP contribution < -0.4 is 10.9 Å². The van der Waals surface area contributed by atoms with Crippen molar-refractivity contribution in [2.75, 3.05) is 5.32 Å². The largest absolute Gasteiger partial charge is 0.321 e. The highest BCUT2D eigenvalue weighted by Crippen LogP contribution is 2.19. The van der Waals surface area contributed by atoms with Crippen molar-refractivity contribution in [2.24, 2.45) is 0 Å². The van der Waals surface area contributed by atoms with E-state index in [0.29, 0.717) is 34.7 Å². The SMILES string of the molecule is CCc1cc(=O)[nH]c(-c2cccc(NC(=O)c3cnc4ccccc4n3)c2)n1. The fourth-order valence-electron chi connectivity index (χ4n) is 2.83. The molecule has 2 heterocycles. The number of hydrogen-bond donors (Lipinski definition) is 2. The molecule has 0 radical (unpaired) electrons. The molecule has 2 aromatic carbocycles. The first-order valence-electron chi connectivity index (χ1n) is 8.86. The number of carbonyl (C=O) groups is 1. The maximum atomic E-state index is 12.6. The molecule has 0 aliphatic carbocycles. The van der Waals surface area contributed by atoms with Crippen LogP contribution in [0.4, 0.5) is 5.69 Å². The first-order valence-corrected chi connectivity index (χ1v) is 8.86. The normalized spacial score (nSPS) is 10.8. The van der Waals surface area contributed by atoms with Crippen molar-refractivity contribution < 1.29 is 4.79 Å². The molecule has 0 unspecified atom stereocenters. The van der Waals surface area contributed by atoms with Crippen molar-refractivity contribution in [3.63, 3.8) is 0 Å². The number of nitrogens with zero attached hydrogens (tertiary/aromatic N) is 3. The predicted molar refractivity (Wildman–Crippen MR) is 107 cm³/mol. The van der Waals surface area contributed by atoms with Gasteiger partial charge in [0.15, 0.2) is 0 Å². The van der Waals surface area contributed by atoms with Gasteiger partial charge in [0, 0.05) is 23.0 Å². The van der Waals surface area contributed by atoms with Crippen molar-refractivity contribution >= 4 is 22.6 Å². The Hall–Kier alpha value is -3.87. The van der Waals surface area contributed by atoms with Crippen molar-refractivity contribution in [1.82, 2.24) is 19.9 Å². The number of amides is 1. The van der Waals surface area contributed by atoms with E-state index in [0.717, 1.165) is 5.52 Å². The minimum Gasteiger partial charge on any atom is -0.321 e. The van der Waals surface area contributed by atoms with Crippen molar-refractivity contribution in [2.45, 2.75) is 13.3 Å². The van der Waals surface area contributed by atoms with Gasteiger partial charge in [0.2, 0.25) is 0 Å². The van der Waals surface area contributed by atoms with Crippen molar-refractivity contribution in [1.29, 1.82) is 0 Å². The molecule has 2 aromatic heterocycles. The number of hydrogen-bond acceptors (Lipinski definition) is 5. The molecular formula is C21H17N5O2. The van der Waals surface area contributed by atoms with Gasteiger partial charge in [-0.15, -0.1) is 0 Å². The summed E-state index contributed by atoms with van der Waals surface area (Å²) in [6.45, 7) is 1.94. The smallest absolute Gasteiger partial charge is 0.275 e.